The second-order valence-corrected chi connectivity index (χ2v) is 9.53. The maximum absolute atomic E-state index is 6.11. The van der Waals surface area contributed by atoms with Gasteiger partial charge in [0.2, 0.25) is 0 Å². The van der Waals surface area contributed by atoms with Crippen LogP contribution in [0.4, 0.5) is 0 Å². The molecule has 3 heteroatoms. The van der Waals surface area contributed by atoms with Crippen molar-refractivity contribution in [2.75, 3.05) is 19.6 Å². The van der Waals surface area contributed by atoms with Crippen molar-refractivity contribution >= 4 is 0 Å². The van der Waals surface area contributed by atoms with Crippen LogP contribution in [0.3, 0.4) is 0 Å². The summed E-state index contributed by atoms with van der Waals surface area (Å²) in [4.78, 5) is 5.63. The van der Waals surface area contributed by atoms with E-state index in [1.165, 1.54) is 75.7 Å². The van der Waals surface area contributed by atoms with E-state index in [0.29, 0.717) is 6.61 Å². The highest BCUT2D eigenvalue weighted by Gasteiger charge is 2.42. The van der Waals surface area contributed by atoms with Gasteiger partial charge in [-0.25, -0.2) is 0 Å². The first-order valence-corrected chi connectivity index (χ1v) is 12.1. The Kier molecular flexibility index (Phi) is 6.38. The van der Waals surface area contributed by atoms with Gasteiger partial charge in [0, 0.05) is 31.7 Å². The van der Waals surface area contributed by atoms with Crippen LogP contribution < -0.4 is 4.74 Å². The van der Waals surface area contributed by atoms with E-state index < -0.39 is 0 Å². The third kappa shape index (κ3) is 4.58. The van der Waals surface area contributed by atoms with Crippen molar-refractivity contribution in [2.24, 2.45) is 5.92 Å². The van der Waals surface area contributed by atoms with Crippen molar-refractivity contribution in [3.8, 4) is 5.75 Å². The average molecular weight is 405 g/mol. The lowest BCUT2D eigenvalue weighted by molar-refractivity contribution is -0.00383. The number of hydrogen-bond acceptors (Lipinski definition) is 3. The summed E-state index contributed by atoms with van der Waals surface area (Å²) in [7, 11) is 0. The molecule has 30 heavy (non-hydrogen) atoms. The highest BCUT2D eigenvalue weighted by Crippen LogP contribution is 2.38. The first kappa shape index (κ1) is 20.1. The van der Waals surface area contributed by atoms with Crippen molar-refractivity contribution in [3.63, 3.8) is 0 Å². The summed E-state index contributed by atoms with van der Waals surface area (Å²) in [6.07, 6.45) is 9.98. The summed E-state index contributed by atoms with van der Waals surface area (Å²) in [6, 6.07) is 20.8. The molecule has 0 spiro atoms. The first-order chi connectivity index (χ1) is 14.9. The normalized spacial score (nSPS) is 25.9. The molecule has 160 valence electrons. The minimum atomic E-state index is 0.635. The Balaban J connectivity index is 1.28. The Labute approximate surface area is 182 Å². The lowest BCUT2D eigenvalue weighted by Crippen LogP contribution is -2.59. The SMILES string of the molecule is c1ccc(COc2cccc(CN3CCN4CCC[C@H]4[C@@H]3C3CCCCC3)c2)cc1. The van der Waals surface area contributed by atoms with Crippen LogP contribution in [-0.2, 0) is 13.2 Å². The summed E-state index contributed by atoms with van der Waals surface area (Å²) in [5.74, 6) is 1.88. The molecule has 2 aliphatic heterocycles. The molecule has 0 N–H and O–H groups in total. The molecule has 2 aromatic rings. The third-order valence-electron chi connectivity index (χ3n) is 7.57. The second kappa shape index (κ2) is 9.53. The molecule has 0 amide bonds. The number of piperazine rings is 1. The summed E-state index contributed by atoms with van der Waals surface area (Å²) in [6.45, 7) is 5.49. The van der Waals surface area contributed by atoms with E-state index in [2.05, 4.69) is 64.4 Å². The Hall–Kier alpha value is -1.84. The fraction of sp³-hybridized carbons (Fsp3) is 0.556. The van der Waals surface area contributed by atoms with Gasteiger partial charge in [-0.05, 0) is 61.4 Å². The zero-order valence-corrected chi connectivity index (χ0v) is 18.2. The van der Waals surface area contributed by atoms with Crippen LogP contribution in [0.1, 0.15) is 56.1 Å². The Morgan fingerprint density at radius 2 is 1.60 bits per heavy atom. The van der Waals surface area contributed by atoms with E-state index in [1.807, 2.05) is 0 Å². The van der Waals surface area contributed by atoms with Gasteiger partial charge in [-0.2, -0.15) is 0 Å². The van der Waals surface area contributed by atoms with Gasteiger partial charge in [0.25, 0.3) is 0 Å². The smallest absolute Gasteiger partial charge is 0.120 e. The zero-order valence-electron chi connectivity index (χ0n) is 18.2. The zero-order chi connectivity index (χ0) is 20.2. The number of hydrogen-bond donors (Lipinski definition) is 0. The van der Waals surface area contributed by atoms with Crippen LogP contribution in [0, 0.1) is 5.92 Å². The monoisotopic (exact) mass is 404 g/mol. The maximum Gasteiger partial charge on any atom is 0.120 e. The third-order valence-corrected chi connectivity index (χ3v) is 7.57. The predicted molar refractivity (Wildman–Crippen MR) is 123 cm³/mol. The average Bonchev–Trinajstić information content (AvgIpc) is 3.28. The fourth-order valence-corrected chi connectivity index (χ4v) is 6.15. The molecule has 3 fully saturated rings. The van der Waals surface area contributed by atoms with E-state index in [0.717, 1.165) is 30.3 Å². The van der Waals surface area contributed by atoms with Crippen LogP contribution in [0.2, 0.25) is 0 Å². The molecule has 0 radical (unpaired) electrons. The maximum atomic E-state index is 6.11. The molecule has 3 nitrogen and oxygen atoms in total. The Morgan fingerprint density at radius 3 is 2.47 bits per heavy atom. The van der Waals surface area contributed by atoms with Gasteiger partial charge in [0.05, 0.1) is 0 Å². The Bertz CT molecular complexity index is 802. The van der Waals surface area contributed by atoms with E-state index in [4.69, 9.17) is 4.74 Å². The lowest BCUT2D eigenvalue weighted by atomic mass is 9.78. The molecule has 0 aromatic heterocycles. The Morgan fingerprint density at radius 1 is 0.767 bits per heavy atom. The van der Waals surface area contributed by atoms with Gasteiger partial charge in [-0.3, -0.25) is 9.80 Å². The summed E-state index contributed by atoms with van der Waals surface area (Å²) in [5.41, 5.74) is 2.62. The molecule has 5 rings (SSSR count). The molecule has 3 aliphatic rings. The van der Waals surface area contributed by atoms with Gasteiger partial charge >= 0.3 is 0 Å². The van der Waals surface area contributed by atoms with Gasteiger partial charge in [-0.1, -0.05) is 61.7 Å². The van der Waals surface area contributed by atoms with Gasteiger partial charge in [0.1, 0.15) is 12.4 Å². The van der Waals surface area contributed by atoms with Crippen LogP contribution >= 0.6 is 0 Å². The molecular formula is C27H36N2O. The summed E-state index contributed by atoms with van der Waals surface area (Å²) in [5, 5.41) is 0. The van der Waals surface area contributed by atoms with E-state index in [9.17, 15) is 0 Å². The first-order valence-electron chi connectivity index (χ1n) is 12.1. The van der Waals surface area contributed by atoms with E-state index in [-0.39, 0.29) is 0 Å². The molecule has 0 bridgehead atoms. The molecule has 2 aromatic carbocycles. The summed E-state index contributed by atoms with van der Waals surface area (Å²) >= 11 is 0. The van der Waals surface area contributed by atoms with Crippen molar-refractivity contribution in [2.45, 2.75) is 70.2 Å². The second-order valence-electron chi connectivity index (χ2n) is 9.53. The number of rotatable bonds is 6. The van der Waals surface area contributed by atoms with E-state index >= 15 is 0 Å². The predicted octanol–water partition coefficient (Wildman–Crippen LogP) is 5.49. The molecule has 2 saturated heterocycles. The number of ether oxygens (including phenoxy) is 1. The molecule has 2 heterocycles. The number of benzene rings is 2. The largest absolute Gasteiger partial charge is 0.489 e. The van der Waals surface area contributed by atoms with Crippen molar-refractivity contribution in [3.05, 3.63) is 65.7 Å². The quantitative estimate of drug-likeness (QED) is 0.633. The van der Waals surface area contributed by atoms with Gasteiger partial charge in [-0.15, -0.1) is 0 Å². The van der Waals surface area contributed by atoms with Crippen molar-refractivity contribution < 1.29 is 4.74 Å². The van der Waals surface area contributed by atoms with Crippen LogP contribution in [0.15, 0.2) is 54.6 Å². The number of nitrogens with zero attached hydrogens (tertiary/aromatic N) is 2. The highest BCUT2D eigenvalue weighted by atomic mass is 16.5. The molecule has 2 atom stereocenters. The van der Waals surface area contributed by atoms with Crippen LogP contribution in [0.5, 0.6) is 5.75 Å². The van der Waals surface area contributed by atoms with Crippen LogP contribution in [0.25, 0.3) is 0 Å². The van der Waals surface area contributed by atoms with Gasteiger partial charge < -0.3 is 4.74 Å². The van der Waals surface area contributed by atoms with Crippen molar-refractivity contribution in [1.82, 2.24) is 9.80 Å². The summed E-state index contributed by atoms with van der Waals surface area (Å²) < 4.78 is 6.11. The number of fused-ring (bicyclic) bond motifs is 1. The minimum Gasteiger partial charge on any atom is -0.489 e. The lowest BCUT2D eigenvalue weighted by Gasteiger charge is -2.49. The fourth-order valence-electron chi connectivity index (χ4n) is 6.15. The van der Waals surface area contributed by atoms with E-state index in [1.54, 1.807) is 0 Å². The van der Waals surface area contributed by atoms with Crippen LogP contribution in [-0.4, -0.2) is 41.5 Å². The molecule has 1 saturated carbocycles. The topological polar surface area (TPSA) is 15.7 Å². The minimum absolute atomic E-state index is 0.635. The van der Waals surface area contributed by atoms with Crippen molar-refractivity contribution in [1.29, 1.82) is 0 Å². The molecular weight excluding hydrogens is 368 g/mol. The standard InChI is InChI=1S/C27H36N2O/c1-3-9-22(10-4-1)21-30-25-14-7-11-23(19-25)20-29-18-17-28-16-8-15-26(28)27(29)24-12-5-2-6-13-24/h1,3-4,7,9-11,14,19,24,26-27H,2,5-6,8,12-13,15-18,20-21H2/t26-,27-/m0/s1. The molecule has 0 unspecified atom stereocenters. The molecule has 1 aliphatic carbocycles. The van der Waals surface area contributed by atoms with Gasteiger partial charge in [0.15, 0.2) is 0 Å². The highest BCUT2D eigenvalue weighted by molar-refractivity contribution is 5.29.